The van der Waals surface area contributed by atoms with Crippen molar-refractivity contribution in [2.75, 3.05) is 5.32 Å². The lowest BCUT2D eigenvalue weighted by Crippen LogP contribution is -2.30. The molecule has 1 amide bonds. The van der Waals surface area contributed by atoms with Crippen LogP contribution in [0.15, 0.2) is 22.7 Å². The number of benzene rings is 1. The highest BCUT2D eigenvalue weighted by Crippen LogP contribution is 2.17. The minimum atomic E-state index is -1.15. The second-order valence-electron chi connectivity index (χ2n) is 5.55. The highest BCUT2D eigenvalue weighted by molar-refractivity contribution is 5.95. The maximum Gasteiger partial charge on any atom is 0.306 e. The van der Waals surface area contributed by atoms with Crippen molar-refractivity contribution >= 4 is 17.6 Å². The van der Waals surface area contributed by atoms with Crippen molar-refractivity contribution in [1.29, 1.82) is 0 Å². The Morgan fingerprint density at radius 3 is 2.68 bits per heavy atom. The molecular formula is C17H18F2N2O4. The number of nitrogens with zero attached hydrogens (tertiary/aromatic N) is 1. The number of halogens is 2. The first kappa shape index (κ1) is 18.6. The number of rotatable bonds is 6. The Balaban J connectivity index is 1.88. The van der Waals surface area contributed by atoms with Crippen molar-refractivity contribution in [2.24, 2.45) is 0 Å². The van der Waals surface area contributed by atoms with E-state index in [4.69, 9.17) is 9.26 Å². The Bertz CT molecular complexity index is 769. The summed E-state index contributed by atoms with van der Waals surface area (Å²) in [5.41, 5.74) is 1.19. The Morgan fingerprint density at radius 1 is 1.32 bits per heavy atom. The number of hydrogen-bond donors (Lipinski definition) is 1. The molecule has 0 saturated carbocycles. The lowest BCUT2D eigenvalue weighted by molar-refractivity contribution is -0.153. The maximum absolute atomic E-state index is 13.5. The van der Waals surface area contributed by atoms with Gasteiger partial charge in [0.05, 0.1) is 11.4 Å². The van der Waals surface area contributed by atoms with E-state index in [1.807, 2.05) is 0 Å². The summed E-state index contributed by atoms with van der Waals surface area (Å²) in [5.74, 6) is -2.21. The quantitative estimate of drug-likeness (QED) is 0.808. The maximum atomic E-state index is 13.5. The Morgan fingerprint density at radius 2 is 2.04 bits per heavy atom. The van der Waals surface area contributed by atoms with E-state index >= 15 is 0 Å². The summed E-state index contributed by atoms with van der Waals surface area (Å²) in [7, 11) is 0. The molecule has 2 aromatic rings. The van der Waals surface area contributed by atoms with E-state index in [-0.39, 0.29) is 12.1 Å². The van der Waals surface area contributed by atoms with Crippen LogP contribution in [-0.4, -0.2) is 23.1 Å². The van der Waals surface area contributed by atoms with E-state index in [1.54, 1.807) is 13.8 Å². The van der Waals surface area contributed by atoms with Gasteiger partial charge in [0.15, 0.2) is 6.10 Å². The van der Waals surface area contributed by atoms with Gasteiger partial charge in [0.2, 0.25) is 0 Å². The van der Waals surface area contributed by atoms with Crippen LogP contribution in [0.2, 0.25) is 0 Å². The normalized spacial score (nSPS) is 11.9. The number of amides is 1. The largest absolute Gasteiger partial charge is 0.453 e. The second kappa shape index (κ2) is 7.87. The monoisotopic (exact) mass is 352 g/mol. The first-order valence-electron chi connectivity index (χ1n) is 7.65. The summed E-state index contributed by atoms with van der Waals surface area (Å²) in [6.45, 7) is 4.85. The van der Waals surface area contributed by atoms with Gasteiger partial charge in [-0.15, -0.1) is 0 Å². The number of aryl methyl sites for hydroxylation is 2. The van der Waals surface area contributed by atoms with Gasteiger partial charge >= 0.3 is 5.97 Å². The van der Waals surface area contributed by atoms with Crippen LogP contribution in [0.3, 0.4) is 0 Å². The van der Waals surface area contributed by atoms with Crippen LogP contribution in [0.25, 0.3) is 0 Å². The summed E-state index contributed by atoms with van der Waals surface area (Å²) in [4.78, 5) is 23.8. The average molecular weight is 352 g/mol. The van der Waals surface area contributed by atoms with E-state index in [0.29, 0.717) is 17.9 Å². The highest BCUT2D eigenvalue weighted by atomic mass is 19.1. The van der Waals surface area contributed by atoms with E-state index in [0.717, 1.165) is 23.8 Å². The van der Waals surface area contributed by atoms with Crippen LogP contribution in [0.5, 0.6) is 0 Å². The van der Waals surface area contributed by atoms with Crippen molar-refractivity contribution in [3.8, 4) is 0 Å². The molecule has 1 aromatic carbocycles. The van der Waals surface area contributed by atoms with Crippen molar-refractivity contribution in [1.82, 2.24) is 5.16 Å². The van der Waals surface area contributed by atoms with E-state index in [9.17, 15) is 18.4 Å². The molecule has 1 aromatic heterocycles. The molecule has 0 spiro atoms. The number of esters is 1. The molecule has 1 atom stereocenters. The molecule has 6 nitrogen and oxygen atoms in total. The molecule has 0 aliphatic heterocycles. The van der Waals surface area contributed by atoms with Crippen LogP contribution in [0, 0.1) is 25.5 Å². The van der Waals surface area contributed by atoms with Gasteiger partial charge < -0.3 is 14.6 Å². The number of anilines is 1. The van der Waals surface area contributed by atoms with Crippen molar-refractivity contribution < 1.29 is 27.6 Å². The van der Waals surface area contributed by atoms with Gasteiger partial charge in [0.1, 0.15) is 17.4 Å². The Labute approximate surface area is 143 Å². The van der Waals surface area contributed by atoms with Gasteiger partial charge in [0.25, 0.3) is 5.91 Å². The summed E-state index contributed by atoms with van der Waals surface area (Å²) in [5, 5.41) is 5.98. The standard InChI is InChI=1S/C17H18F2N2O4/c1-9-13(10(2)25-21-9)5-7-16(22)24-11(3)17(23)20-15-8-12(18)4-6-14(15)19/h4,6,8,11H,5,7H2,1-3H3,(H,20,23)/t11-/m0/s1. The highest BCUT2D eigenvalue weighted by Gasteiger charge is 2.20. The zero-order chi connectivity index (χ0) is 18.6. The van der Waals surface area contributed by atoms with Crippen LogP contribution in [-0.2, 0) is 20.7 Å². The van der Waals surface area contributed by atoms with Crippen LogP contribution < -0.4 is 5.32 Å². The van der Waals surface area contributed by atoms with Crippen molar-refractivity contribution in [2.45, 2.75) is 39.7 Å². The number of nitrogens with one attached hydrogen (secondary N) is 1. The molecule has 0 radical (unpaired) electrons. The second-order valence-corrected chi connectivity index (χ2v) is 5.55. The fourth-order valence-electron chi connectivity index (χ4n) is 2.22. The molecule has 2 rings (SSSR count). The Kier molecular flexibility index (Phi) is 5.84. The summed E-state index contributed by atoms with van der Waals surface area (Å²) in [6, 6.07) is 2.67. The van der Waals surface area contributed by atoms with Gasteiger partial charge in [0, 0.05) is 18.1 Å². The van der Waals surface area contributed by atoms with Crippen molar-refractivity contribution in [3.05, 3.63) is 46.9 Å². The minimum Gasteiger partial charge on any atom is -0.453 e. The first-order valence-corrected chi connectivity index (χ1v) is 7.65. The molecule has 0 bridgehead atoms. The minimum absolute atomic E-state index is 0.0365. The van der Waals surface area contributed by atoms with Crippen LogP contribution in [0.4, 0.5) is 14.5 Å². The first-order chi connectivity index (χ1) is 11.8. The molecule has 25 heavy (non-hydrogen) atoms. The number of aromatic nitrogens is 1. The predicted molar refractivity (Wildman–Crippen MR) is 84.8 cm³/mol. The fourth-order valence-corrected chi connectivity index (χ4v) is 2.22. The van der Waals surface area contributed by atoms with Gasteiger partial charge in [-0.1, -0.05) is 5.16 Å². The third-order valence-electron chi connectivity index (χ3n) is 3.62. The van der Waals surface area contributed by atoms with Gasteiger partial charge in [-0.3, -0.25) is 9.59 Å². The zero-order valence-electron chi connectivity index (χ0n) is 14.1. The molecule has 1 heterocycles. The number of ether oxygens (including phenoxy) is 1. The fraction of sp³-hybridized carbons (Fsp3) is 0.353. The molecule has 0 aliphatic rings. The summed E-state index contributed by atoms with van der Waals surface area (Å²) in [6.07, 6.45) is -0.748. The summed E-state index contributed by atoms with van der Waals surface area (Å²) < 4.78 is 36.6. The topological polar surface area (TPSA) is 81.4 Å². The third kappa shape index (κ3) is 4.85. The molecule has 0 aliphatic carbocycles. The average Bonchev–Trinajstić information content (AvgIpc) is 2.87. The zero-order valence-corrected chi connectivity index (χ0v) is 14.1. The molecule has 0 unspecified atom stereocenters. The molecule has 8 heteroatoms. The van der Waals surface area contributed by atoms with E-state index < -0.39 is 29.6 Å². The smallest absolute Gasteiger partial charge is 0.306 e. The molecule has 0 saturated heterocycles. The van der Waals surface area contributed by atoms with Gasteiger partial charge in [-0.05, 0) is 39.3 Å². The van der Waals surface area contributed by atoms with Gasteiger partial charge in [-0.2, -0.15) is 0 Å². The summed E-state index contributed by atoms with van der Waals surface area (Å²) >= 11 is 0. The molecule has 134 valence electrons. The molecular weight excluding hydrogens is 334 g/mol. The van der Waals surface area contributed by atoms with E-state index in [2.05, 4.69) is 10.5 Å². The van der Waals surface area contributed by atoms with Gasteiger partial charge in [-0.25, -0.2) is 8.78 Å². The van der Waals surface area contributed by atoms with Crippen LogP contribution in [0.1, 0.15) is 30.4 Å². The molecule has 1 N–H and O–H groups in total. The lowest BCUT2D eigenvalue weighted by Gasteiger charge is -2.14. The molecule has 0 fully saturated rings. The lowest BCUT2D eigenvalue weighted by atomic mass is 10.1. The van der Waals surface area contributed by atoms with E-state index in [1.165, 1.54) is 6.92 Å². The van der Waals surface area contributed by atoms with Crippen LogP contribution >= 0.6 is 0 Å². The Hall–Kier alpha value is -2.77. The SMILES string of the molecule is Cc1noc(C)c1CCC(=O)O[C@@H](C)C(=O)Nc1cc(F)ccc1F. The number of carbonyl (C=O) groups excluding carboxylic acids is 2. The third-order valence-corrected chi connectivity index (χ3v) is 3.62. The van der Waals surface area contributed by atoms with Crippen molar-refractivity contribution in [3.63, 3.8) is 0 Å². The predicted octanol–water partition coefficient (Wildman–Crippen LogP) is 3.07. The number of carbonyl (C=O) groups is 2. The number of hydrogen-bond acceptors (Lipinski definition) is 5.